The average molecular weight is 723 g/mol. The van der Waals surface area contributed by atoms with Gasteiger partial charge in [-0.1, -0.05) is 36.4 Å². The first kappa shape index (κ1) is 30.4. The standard InChI is InChI=1S/C28H27Br3N4O4/c1-4-20-23(29)21(5-2)25(31)26(24(20)30)34-22(36)15-32-27(37)16-7-11-18(12-8-16)33-28(38)17-9-13-19(14-10-17)35-39-6-3/h6-14,35H,3-5,15H2,1-2H3,(H,32,37)(H,33,38)(H,34,36). The lowest BCUT2D eigenvalue weighted by Crippen LogP contribution is -2.33. The van der Waals surface area contributed by atoms with Gasteiger partial charge in [-0.05, 0) is 104 Å². The van der Waals surface area contributed by atoms with Gasteiger partial charge in [-0.3, -0.25) is 14.4 Å². The van der Waals surface area contributed by atoms with E-state index in [0.717, 1.165) is 37.4 Å². The van der Waals surface area contributed by atoms with Crippen molar-refractivity contribution in [1.29, 1.82) is 0 Å². The Labute approximate surface area is 252 Å². The molecule has 3 amide bonds. The van der Waals surface area contributed by atoms with E-state index >= 15 is 0 Å². The minimum atomic E-state index is -0.412. The number of anilines is 3. The molecule has 39 heavy (non-hydrogen) atoms. The maximum atomic E-state index is 12.7. The molecule has 0 heterocycles. The number of halogens is 3. The van der Waals surface area contributed by atoms with Gasteiger partial charge in [0, 0.05) is 30.2 Å². The van der Waals surface area contributed by atoms with Crippen LogP contribution in [0.2, 0.25) is 0 Å². The molecule has 0 unspecified atom stereocenters. The molecule has 3 rings (SSSR count). The van der Waals surface area contributed by atoms with Crippen molar-refractivity contribution in [3.8, 4) is 0 Å². The van der Waals surface area contributed by atoms with E-state index in [0.29, 0.717) is 28.2 Å². The third-order valence-corrected chi connectivity index (χ3v) is 8.40. The van der Waals surface area contributed by atoms with Gasteiger partial charge in [-0.25, -0.2) is 5.48 Å². The van der Waals surface area contributed by atoms with Crippen molar-refractivity contribution in [3.63, 3.8) is 0 Å². The van der Waals surface area contributed by atoms with E-state index in [9.17, 15) is 14.4 Å². The number of carbonyl (C=O) groups excluding carboxylic acids is 3. The summed E-state index contributed by atoms with van der Waals surface area (Å²) in [6, 6.07) is 13.1. The molecule has 3 aromatic rings. The number of amides is 3. The van der Waals surface area contributed by atoms with Crippen molar-refractivity contribution in [2.45, 2.75) is 26.7 Å². The van der Waals surface area contributed by atoms with Crippen molar-refractivity contribution >= 4 is 82.6 Å². The van der Waals surface area contributed by atoms with Crippen LogP contribution in [0, 0.1) is 0 Å². The molecule has 8 nitrogen and oxygen atoms in total. The fraction of sp³-hybridized carbons (Fsp3) is 0.179. The first-order valence-electron chi connectivity index (χ1n) is 12.0. The van der Waals surface area contributed by atoms with Gasteiger partial charge in [0.25, 0.3) is 11.8 Å². The van der Waals surface area contributed by atoms with E-state index in [-0.39, 0.29) is 18.4 Å². The zero-order valence-corrected chi connectivity index (χ0v) is 26.0. The summed E-state index contributed by atoms with van der Waals surface area (Å²) in [6.45, 7) is 7.31. The van der Waals surface area contributed by atoms with Gasteiger partial charge in [0.2, 0.25) is 5.91 Å². The van der Waals surface area contributed by atoms with Crippen LogP contribution in [0.4, 0.5) is 17.1 Å². The van der Waals surface area contributed by atoms with Crippen LogP contribution in [0.5, 0.6) is 0 Å². The molecular formula is C28H27Br3N4O4. The topological polar surface area (TPSA) is 109 Å². The van der Waals surface area contributed by atoms with Crippen LogP contribution in [0.1, 0.15) is 45.7 Å². The smallest absolute Gasteiger partial charge is 0.255 e. The fourth-order valence-corrected chi connectivity index (χ4v) is 6.96. The molecule has 11 heteroatoms. The molecule has 0 aliphatic rings. The Balaban J connectivity index is 1.57. The Morgan fingerprint density at radius 3 is 1.79 bits per heavy atom. The van der Waals surface area contributed by atoms with Crippen molar-refractivity contribution in [2.24, 2.45) is 0 Å². The maximum absolute atomic E-state index is 12.7. The van der Waals surface area contributed by atoms with Gasteiger partial charge in [0.1, 0.15) is 6.26 Å². The molecule has 0 aromatic heterocycles. The minimum absolute atomic E-state index is 0.210. The van der Waals surface area contributed by atoms with E-state index in [1.54, 1.807) is 48.5 Å². The maximum Gasteiger partial charge on any atom is 0.255 e. The lowest BCUT2D eigenvalue weighted by atomic mass is 10.1. The van der Waals surface area contributed by atoms with Crippen LogP contribution in [0.3, 0.4) is 0 Å². The Morgan fingerprint density at radius 1 is 0.769 bits per heavy atom. The van der Waals surface area contributed by atoms with Crippen molar-refractivity contribution in [3.05, 3.63) is 97.0 Å². The summed E-state index contributed by atoms with van der Waals surface area (Å²) >= 11 is 10.9. The molecule has 0 spiro atoms. The van der Waals surface area contributed by atoms with E-state index in [1.807, 2.05) is 13.8 Å². The highest BCUT2D eigenvalue weighted by Gasteiger charge is 2.20. The van der Waals surface area contributed by atoms with Crippen molar-refractivity contribution < 1.29 is 19.2 Å². The second-order valence-electron chi connectivity index (χ2n) is 8.21. The lowest BCUT2D eigenvalue weighted by molar-refractivity contribution is -0.115. The summed E-state index contributed by atoms with van der Waals surface area (Å²) in [5.74, 6) is -1.08. The lowest BCUT2D eigenvalue weighted by Gasteiger charge is -2.19. The van der Waals surface area contributed by atoms with Crippen LogP contribution in [-0.2, 0) is 22.5 Å². The van der Waals surface area contributed by atoms with E-state index in [4.69, 9.17) is 4.84 Å². The summed E-state index contributed by atoms with van der Waals surface area (Å²) in [6.07, 6.45) is 2.80. The van der Waals surface area contributed by atoms with E-state index < -0.39 is 5.91 Å². The summed E-state index contributed by atoms with van der Waals surface area (Å²) < 4.78 is 2.57. The summed E-state index contributed by atoms with van der Waals surface area (Å²) in [5, 5.41) is 8.31. The summed E-state index contributed by atoms with van der Waals surface area (Å²) in [7, 11) is 0. The van der Waals surface area contributed by atoms with Gasteiger partial charge >= 0.3 is 0 Å². The Morgan fingerprint density at radius 2 is 1.28 bits per heavy atom. The third-order valence-electron chi connectivity index (χ3n) is 5.69. The molecule has 0 bridgehead atoms. The minimum Gasteiger partial charge on any atom is -0.391 e. The van der Waals surface area contributed by atoms with Gasteiger partial charge in [-0.15, -0.1) is 0 Å². The zero-order valence-electron chi connectivity index (χ0n) is 21.3. The Kier molecular flexibility index (Phi) is 11.1. The highest BCUT2D eigenvalue weighted by Crippen LogP contribution is 2.42. The molecular weight excluding hydrogens is 696 g/mol. The van der Waals surface area contributed by atoms with Gasteiger partial charge in [0.05, 0.1) is 17.9 Å². The predicted octanol–water partition coefficient (Wildman–Crippen LogP) is 7.21. The average Bonchev–Trinajstić information content (AvgIpc) is 2.94. The van der Waals surface area contributed by atoms with Crippen molar-refractivity contribution in [2.75, 3.05) is 22.7 Å². The Hall–Kier alpha value is -3.15. The SMILES string of the molecule is C=CONc1ccc(C(=O)Nc2ccc(C(=O)NCC(=O)Nc3c(Br)c(CC)c(Br)c(CC)c3Br)cc2)cc1. The van der Waals surface area contributed by atoms with Crippen LogP contribution in [-0.4, -0.2) is 24.3 Å². The quantitative estimate of drug-likeness (QED) is 0.124. The summed E-state index contributed by atoms with van der Waals surface area (Å²) in [4.78, 5) is 42.7. The molecule has 0 aliphatic heterocycles. The van der Waals surface area contributed by atoms with Gasteiger partial charge in [0.15, 0.2) is 0 Å². The number of carbonyl (C=O) groups is 3. The fourth-order valence-electron chi connectivity index (χ4n) is 3.66. The highest BCUT2D eigenvalue weighted by atomic mass is 79.9. The van der Waals surface area contributed by atoms with Crippen LogP contribution in [0.15, 0.2) is 74.8 Å². The first-order chi connectivity index (χ1) is 18.7. The van der Waals surface area contributed by atoms with E-state index in [1.165, 1.54) is 6.26 Å². The highest BCUT2D eigenvalue weighted by molar-refractivity contribution is 9.11. The third kappa shape index (κ3) is 7.71. The normalized spacial score (nSPS) is 10.4. The molecule has 3 aromatic carbocycles. The molecule has 0 saturated carbocycles. The molecule has 0 aliphatic carbocycles. The zero-order chi connectivity index (χ0) is 28.5. The van der Waals surface area contributed by atoms with Gasteiger partial charge < -0.3 is 20.8 Å². The van der Waals surface area contributed by atoms with Crippen molar-refractivity contribution in [1.82, 2.24) is 5.32 Å². The first-order valence-corrected chi connectivity index (χ1v) is 14.4. The molecule has 4 N–H and O–H groups in total. The van der Waals surface area contributed by atoms with Gasteiger partial charge in [-0.2, -0.15) is 0 Å². The molecule has 0 saturated heterocycles. The largest absolute Gasteiger partial charge is 0.391 e. The van der Waals surface area contributed by atoms with Crippen LogP contribution >= 0.6 is 47.8 Å². The second kappa shape index (κ2) is 14.3. The van der Waals surface area contributed by atoms with Crippen LogP contribution < -0.4 is 21.4 Å². The molecule has 0 radical (unpaired) electrons. The van der Waals surface area contributed by atoms with Crippen LogP contribution in [0.25, 0.3) is 0 Å². The number of benzene rings is 3. The molecule has 0 fully saturated rings. The second-order valence-corrected chi connectivity index (χ2v) is 10.6. The number of hydrogen-bond acceptors (Lipinski definition) is 5. The van der Waals surface area contributed by atoms with E-state index in [2.05, 4.69) is 75.8 Å². The number of rotatable bonds is 11. The monoisotopic (exact) mass is 720 g/mol. The number of hydrogen-bond donors (Lipinski definition) is 4. The molecule has 204 valence electrons. The molecule has 0 atom stereocenters. The Bertz CT molecular complexity index is 1350. The predicted molar refractivity (Wildman–Crippen MR) is 165 cm³/mol. The number of nitrogens with one attached hydrogen (secondary N) is 4. The summed E-state index contributed by atoms with van der Waals surface area (Å²) in [5.41, 5.74) is 7.38.